The van der Waals surface area contributed by atoms with Crippen molar-refractivity contribution in [2.75, 3.05) is 13.2 Å². The van der Waals surface area contributed by atoms with Crippen LogP contribution in [-0.2, 0) is 19.1 Å². The SMILES string of the molecule is CCOC(=O)C1=C(C)NC(C2CC2c2cccnc2)=C(C(=O)OCC)C1C(F)(F)F. The summed E-state index contributed by atoms with van der Waals surface area (Å²) in [5.41, 5.74) is -0.142. The van der Waals surface area contributed by atoms with Crippen LogP contribution in [0.25, 0.3) is 0 Å². The van der Waals surface area contributed by atoms with Gasteiger partial charge in [0, 0.05) is 29.7 Å². The number of esters is 2. The van der Waals surface area contributed by atoms with Crippen molar-refractivity contribution in [1.82, 2.24) is 10.3 Å². The molecule has 0 spiro atoms. The van der Waals surface area contributed by atoms with Gasteiger partial charge in [-0.25, -0.2) is 9.59 Å². The monoisotopic (exact) mass is 424 g/mol. The number of pyridine rings is 1. The molecule has 0 radical (unpaired) electrons. The molecule has 1 N–H and O–H groups in total. The number of rotatable bonds is 6. The van der Waals surface area contributed by atoms with Crippen LogP contribution in [0.1, 0.15) is 38.7 Å². The average molecular weight is 424 g/mol. The Bertz CT molecular complexity index is 893. The number of aromatic nitrogens is 1. The zero-order valence-electron chi connectivity index (χ0n) is 16.9. The Morgan fingerprint density at radius 2 is 1.77 bits per heavy atom. The molecule has 2 aliphatic rings. The Kier molecular flexibility index (Phi) is 6.19. The highest BCUT2D eigenvalue weighted by molar-refractivity contribution is 5.98. The van der Waals surface area contributed by atoms with Crippen molar-refractivity contribution in [3.8, 4) is 0 Å². The van der Waals surface area contributed by atoms with E-state index in [0.29, 0.717) is 6.42 Å². The number of halogens is 3. The lowest BCUT2D eigenvalue weighted by molar-refractivity contribution is -0.169. The summed E-state index contributed by atoms with van der Waals surface area (Å²) in [5, 5.41) is 2.90. The number of alkyl halides is 3. The van der Waals surface area contributed by atoms with E-state index >= 15 is 0 Å². The number of hydrogen-bond donors (Lipinski definition) is 1. The topological polar surface area (TPSA) is 77.5 Å². The van der Waals surface area contributed by atoms with Crippen LogP contribution in [-0.4, -0.2) is 36.3 Å². The fraction of sp³-hybridized carbons (Fsp3) is 0.476. The maximum absolute atomic E-state index is 14.2. The van der Waals surface area contributed by atoms with Crippen LogP contribution in [0.3, 0.4) is 0 Å². The number of dihydropyridines is 1. The van der Waals surface area contributed by atoms with E-state index in [1.165, 1.54) is 20.8 Å². The molecule has 3 rings (SSSR count). The van der Waals surface area contributed by atoms with Crippen molar-refractivity contribution in [3.05, 3.63) is 52.6 Å². The van der Waals surface area contributed by atoms with E-state index < -0.39 is 35.2 Å². The standard InChI is InChI=1S/C21H23F3N2O4/c1-4-29-19(27)15-11(3)26-18(14-9-13(14)12-7-6-8-25-10-12)16(20(28)30-5-2)17(15)21(22,23)24/h6-8,10,13-14,17,26H,4-5,9H2,1-3H3. The van der Waals surface area contributed by atoms with Gasteiger partial charge in [0.15, 0.2) is 0 Å². The Hall–Kier alpha value is -2.84. The second-order valence-electron chi connectivity index (χ2n) is 7.14. The van der Waals surface area contributed by atoms with Gasteiger partial charge in [-0.2, -0.15) is 13.2 Å². The highest BCUT2D eigenvalue weighted by Crippen LogP contribution is 2.55. The molecule has 162 valence electrons. The number of nitrogens with one attached hydrogen (secondary N) is 1. The van der Waals surface area contributed by atoms with Crippen molar-refractivity contribution >= 4 is 11.9 Å². The number of allylic oxidation sites excluding steroid dienone is 2. The first kappa shape index (κ1) is 21.9. The zero-order valence-corrected chi connectivity index (χ0v) is 16.9. The maximum Gasteiger partial charge on any atom is 0.400 e. The number of carbonyl (C=O) groups excluding carboxylic acids is 2. The van der Waals surface area contributed by atoms with Crippen LogP contribution in [0, 0.1) is 11.8 Å². The van der Waals surface area contributed by atoms with Gasteiger partial charge in [-0.3, -0.25) is 4.98 Å². The summed E-state index contributed by atoms with van der Waals surface area (Å²) in [6.07, 6.45) is -1.05. The molecule has 3 unspecified atom stereocenters. The minimum absolute atomic E-state index is 0.0238. The Labute approximate surface area is 172 Å². The summed E-state index contributed by atoms with van der Waals surface area (Å²) in [4.78, 5) is 29.1. The van der Waals surface area contributed by atoms with E-state index in [-0.39, 0.29) is 36.4 Å². The van der Waals surface area contributed by atoms with Crippen molar-refractivity contribution < 1.29 is 32.2 Å². The van der Waals surface area contributed by atoms with Gasteiger partial charge in [-0.05, 0) is 44.7 Å². The molecule has 1 aromatic rings. The van der Waals surface area contributed by atoms with E-state index in [4.69, 9.17) is 9.47 Å². The minimum atomic E-state index is -4.88. The number of carbonyl (C=O) groups is 2. The van der Waals surface area contributed by atoms with Crippen LogP contribution in [0.15, 0.2) is 47.1 Å². The van der Waals surface area contributed by atoms with Gasteiger partial charge >= 0.3 is 18.1 Å². The van der Waals surface area contributed by atoms with Gasteiger partial charge in [-0.15, -0.1) is 0 Å². The third-order valence-electron chi connectivity index (χ3n) is 5.19. The number of hydrogen-bond acceptors (Lipinski definition) is 6. The quantitative estimate of drug-likeness (QED) is 0.703. The predicted molar refractivity (Wildman–Crippen MR) is 101 cm³/mol. The molecule has 9 heteroatoms. The maximum atomic E-state index is 14.2. The van der Waals surface area contributed by atoms with Crippen LogP contribution < -0.4 is 5.32 Å². The summed E-state index contributed by atoms with van der Waals surface area (Å²) in [6.45, 7) is 4.22. The van der Waals surface area contributed by atoms with Crippen molar-refractivity contribution in [1.29, 1.82) is 0 Å². The first-order chi connectivity index (χ1) is 14.2. The summed E-state index contributed by atoms with van der Waals surface area (Å²) < 4.78 is 52.3. The van der Waals surface area contributed by atoms with Crippen LogP contribution in [0.4, 0.5) is 13.2 Å². The Balaban J connectivity index is 2.09. The van der Waals surface area contributed by atoms with E-state index in [2.05, 4.69) is 10.3 Å². The molecule has 6 nitrogen and oxygen atoms in total. The van der Waals surface area contributed by atoms with Gasteiger partial charge in [0.05, 0.1) is 24.4 Å². The molecule has 1 aliphatic carbocycles. The lowest BCUT2D eigenvalue weighted by Crippen LogP contribution is -2.41. The summed E-state index contributed by atoms with van der Waals surface area (Å²) in [7, 11) is 0. The molecule has 0 amide bonds. The van der Waals surface area contributed by atoms with E-state index in [1.54, 1.807) is 18.5 Å². The lowest BCUT2D eigenvalue weighted by Gasteiger charge is -2.32. The van der Waals surface area contributed by atoms with Crippen LogP contribution in [0.5, 0.6) is 0 Å². The molecule has 1 aliphatic heterocycles. The zero-order chi connectivity index (χ0) is 22.1. The summed E-state index contributed by atoms with van der Waals surface area (Å²) >= 11 is 0. The van der Waals surface area contributed by atoms with Gasteiger partial charge in [-0.1, -0.05) is 6.07 Å². The van der Waals surface area contributed by atoms with Crippen molar-refractivity contribution in [2.24, 2.45) is 11.8 Å². The van der Waals surface area contributed by atoms with Gasteiger partial charge in [0.2, 0.25) is 0 Å². The lowest BCUT2D eigenvalue weighted by atomic mass is 9.83. The fourth-order valence-corrected chi connectivity index (χ4v) is 3.87. The van der Waals surface area contributed by atoms with Crippen molar-refractivity contribution in [3.63, 3.8) is 0 Å². The third-order valence-corrected chi connectivity index (χ3v) is 5.19. The summed E-state index contributed by atoms with van der Waals surface area (Å²) in [5.74, 6) is -5.02. The molecule has 0 saturated heterocycles. The average Bonchev–Trinajstić information content (AvgIpc) is 3.48. The molecule has 1 saturated carbocycles. The highest BCUT2D eigenvalue weighted by atomic mass is 19.4. The largest absolute Gasteiger partial charge is 0.463 e. The van der Waals surface area contributed by atoms with Gasteiger partial charge in [0.1, 0.15) is 5.92 Å². The van der Waals surface area contributed by atoms with Crippen molar-refractivity contribution in [2.45, 2.75) is 39.3 Å². The van der Waals surface area contributed by atoms with E-state index in [1.807, 2.05) is 6.07 Å². The third kappa shape index (κ3) is 4.20. The highest BCUT2D eigenvalue weighted by Gasteiger charge is 2.55. The molecule has 0 bridgehead atoms. The fourth-order valence-electron chi connectivity index (χ4n) is 3.87. The van der Waals surface area contributed by atoms with Crippen LogP contribution in [0.2, 0.25) is 0 Å². The second-order valence-corrected chi connectivity index (χ2v) is 7.14. The first-order valence-electron chi connectivity index (χ1n) is 9.73. The number of ether oxygens (including phenoxy) is 2. The predicted octanol–water partition coefficient (Wildman–Crippen LogP) is 3.62. The van der Waals surface area contributed by atoms with Gasteiger partial charge < -0.3 is 14.8 Å². The second kappa shape index (κ2) is 8.49. The molecule has 0 aromatic carbocycles. The summed E-state index contributed by atoms with van der Waals surface area (Å²) in [6, 6.07) is 3.60. The molecule has 3 atom stereocenters. The van der Waals surface area contributed by atoms with Crippen LogP contribution >= 0.6 is 0 Å². The number of nitrogens with zero attached hydrogens (tertiary/aromatic N) is 1. The van der Waals surface area contributed by atoms with E-state index in [9.17, 15) is 22.8 Å². The first-order valence-corrected chi connectivity index (χ1v) is 9.73. The normalized spacial score (nSPS) is 23.7. The molecular formula is C21H23F3N2O4. The Morgan fingerprint density at radius 3 is 2.30 bits per heavy atom. The molecule has 2 heterocycles. The minimum Gasteiger partial charge on any atom is -0.463 e. The van der Waals surface area contributed by atoms with E-state index in [0.717, 1.165) is 5.56 Å². The Morgan fingerprint density at radius 1 is 1.13 bits per heavy atom. The molecule has 1 fully saturated rings. The molecular weight excluding hydrogens is 401 g/mol. The molecule has 30 heavy (non-hydrogen) atoms. The van der Waals surface area contributed by atoms with Gasteiger partial charge in [0.25, 0.3) is 0 Å². The molecule has 1 aromatic heterocycles. The smallest absolute Gasteiger partial charge is 0.400 e.